The Morgan fingerprint density at radius 1 is 1.35 bits per heavy atom. The molecule has 6 heteroatoms. The Balaban J connectivity index is 1.74. The number of H-pyrrole nitrogens is 1. The molecule has 1 aliphatic rings. The van der Waals surface area contributed by atoms with E-state index in [4.69, 9.17) is 4.74 Å². The van der Waals surface area contributed by atoms with Gasteiger partial charge >= 0.3 is 0 Å². The van der Waals surface area contributed by atoms with Crippen molar-refractivity contribution in [1.82, 2.24) is 20.6 Å². The van der Waals surface area contributed by atoms with Crippen LogP contribution < -0.4 is 4.74 Å². The number of Topliss-reactive ketones (excluding diaryl/α,β-unsaturated/α-hetero) is 1. The number of nitrogens with zero attached hydrogens (tertiary/aromatic N) is 3. The van der Waals surface area contributed by atoms with E-state index in [2.05, 4.69) is 20.6 Å². The molecule has 1 N–H and O–H groups in total. The van der Waals surface area contributed by atoms with Crippen LogP contribution in [-0.2, 0) is 13.0 Å². The van der Waals surface area contributed by atoms with E-state index in [9.17, 15) is 4.79 Å². The van der Waals surface area contributed by atoms with Crippen LogP contribution in [0.25, 0.3) is 0 Å². The Bertz CT molecular complexity index is 551. The molecule has 0 unspecified atom stereocenters. The predicted molar refractivity (Wildman–Crippen MR) is 57.6 cm³/mol. The zero-order valence-corrected chi connectivity index (χ0v) is 9.01. The highest BCUT2D eigenvalue weighted by molar-refractivity contribution is 6.00. The maximum Gasteiger partial charge on any atom is 0.211 e. The van der Waals surface area contributed by atoms with Crippen molar-refractivity contribution in [3.05, 3.63) is 35.2 Å². The summed E-state index contributed by atoms with van der Waals surface area (Å²) in [5.74, 6) is 1.44. The summed E-state index contributed by atoms with van der Waals surface area (Å²) in [6.07, 6.45) is 1.40. The number of carbonyl (C=O) groups is 1. The van der Waals surface area contributed by atoms with Gasteiger partial charge < -0.3 is 4.74 Å². The standard InChI is InChI=1S/C11H10N4O2/c16-10-4-1-7-5-8(2-3-9(7)10)17-6-11-12-14-15-13-11/h2-3,5H,1,4,6H2,(H,12,13,14,15). The fourth-order valence-electron chi connectivity index (χ4n) is 1.91. The third-order valence-corrected chi connectivity index (χ3v) is 2.76. The van der Waals surface area contributed by atoms with E-state index < -0.39 is 0 Å². The number of tetrazole rings is 1. The van der Waals surface area contributed by atoms with Gasteiger partial charge in [-0.3, -0.25) is 4.79 Å². The van der Waals surface area contributed by atoms with Crippen molar-refractivity contribution < 1.29 is 9.53 Å². The second-order valence-electron chi connectivity index (χ2n) is 3.86. The van der Waals surface area contributed by atoms with E-state index in [-0.39, 0.29) is 12.4 Å². The van der Waals surface area contributed by atoms with E-state index in [0.29, 0.717) is 12.2 Å². The lowest BCUT2D eigenvalue weighted by molar-refractivity contribution is 0.0994. The van der Waals surface area contributed by atoms with Crippen LogP contribution in [0.3, 0.4) is 0 Å². The summed E-state index contributed by atoms with van der Waals surface area (Å²) >= 11 is 0. The topological polar surface area (TPSA) is 80.8 Å². The SMILES string of the molecule is O=C1CCc2cc(OCc3nn[nH]n3)ccc21. The number of aromatic amines is 1. The van der Waals surface area contributed by atoms with Crippen LogP contribution in [0, 0.1) is 0 Å². The predicted octanol–water partition coefficient (Wildman–Crippen LogP) is 0.908. The molecule has 0 aliphatic heterocycles. The minimum Gasteiger partial charge on any atom is -0.485 e. The number of ketones is 1. The molecule has 3 rings (SSSR count). The Morgan fingerprint density at radius 2 is 2.29 bits per heavy atom. The molecule has 0 bridgehead atoms. The number of aryl methyl sites for hydroxylation is 1. The summed E-state index contributed by atoms with van der Waals surface area (Å²) in [7, 11) is 0. The highest BCUT2D eigenvalue weighted by Crippen LogP contribution is 2.26. The van der Waals surface area contributed by atoms with Crippen molar-refractivity contribution in [1.29, 1.82) is 0 Å². The van der Waals surface area contributed by atoms with Gasteiger partial charge in [0.05, 0.1) is 0 Å². The smallest absolute Gasteiger partial charge is 0.211 e. The molecular formula is C11H10N4O2. The van der Waals surface area contributed by atoms with Crippen LogP contribution in [0.1, 0.15) is 28.2 Å². The van der Waals surface area contributed by atoms with Gasteiger partial charge in [-0.15, -0.1) is 10.2 Å². The number of hydrogen-bond acceptors (Lipinski definition) is 5. The third kappa shape index (κ3) is 1.89. The first kappa shape index (κ1) is 9.95. The first-order valence-electron chi connectivity index (χ1n) is 5.34. The number of fused-ring (bicyclic) bond motifs is 1. The Kier molecular flexibility index (Phi) is 2.32. The molecule has 1 aliphatic carbocycles. The zero-order valence-electron chi connectivity index (χ0n) is 9.01. The third-order valence-electron chi connectivity index (χ3n) is 2.76. The van der Waals surface area contributed by atoms with Gasteiger partial charge in [0.25, 0.3) is 0 Å². The maximum absolute atomic E-state index is 11.4. The molecule has 0 amide bonds. The number of rotatable bonds is 3. The molecule has 1 heterocycles. The van der Waals surface area contributed by atoms with Gasteiger partial charge in [0.1, 0.15) is 5.75 Å². The van der Waals surface area contributed by atoms with Crippen molar-refractivity contribution in [2.45, 2.75) is 19.4 Å². The number of nitrogens with one attached hydrogen (secondary N) is 1. The highest BCUT2D eigenvalue weighted by atomic mass is 16.5. The summed E-state index contributed by atoms with van der Waals surface area (Å²) in [5, 5.41) is 13.4. The summed E-state index contributed by atoms with van der Waals surface area (Å²) in [4.78, 5) is 11.4. The largest absolute Gasteiger partial charge is 0.485 e. The van der Waals surface area contributed by atoms with Gasteiger partial charge in [-0.2, -0.15) is 5.21 Å². The minimum atomic E-state index is 0.213. The van der Waals surface area contributed by atoms with Gasteiger partial charge in [0.2, 0.25) is 5.82 Å². The monoisotopic (exact) mass is 230 g/mol. The molecule has 0 saturated heterocycles. The average Bonchev–Trinajstić information content (AvgIpc) is 2.97. The normalized spacial score (nSPS) is 13.8. The van der Waals surface area contributed by atoms with E-state index in [1.165, 1.54) is 0 Å². The molecule has 6 nitrogen and oxygen atoms in total. The van der Waals surface area contributed by atoms with E-state index in [0.717, 1.165) is 23.3 Å². The van der Waals surface area contributed by atoms with E-state index >= 15 is 0 Å². The average molecular weight is 230 g/mol. The van der Waals surface area contributed by atoms with Crippen LogP contribution in [0.2, 0.25) is 0 Å². The second kappa shape index (κ2) is 3.97. The van der Waals surface area contributed by atoms with Gasteiger partial charge in [0.15, 0.2) is 12.4 Å². The molecule has 17 heavy (non-hydrogen) atoms. The quantitative estimate of drug-likeness (QED) is 0.847. The lowest BCUT2D eigenvalue weighted by Crippen LogP contribution is -1.99. The first-order valence-corrected chi connectivity index (χ1v) is 5.34. The van der Waals surface area contributed by atoms with Gasteiger partial charge in [-0.05, 0) is 30.2 Å². The summed E-state index contributed by atoms with van der Waals surface area (Å²) < 4.78 is 5.51. The Hall–Kier alpha value is -2.24. The summed E-state index contributed by atoms with van der Waals surface area (Å²) in [5.41, 5.74) is 1.87. The molecular weight excluding hydrogens is 220 g/mol. The van der Waals surface area contributed by atoms with Gasteiger partial charge in [0, 0.05) is 12.0 Å². The maximum atomic E-state index is 11.4. The lowest BCUT2D eigenvalue weighted by Gasteiger charge is -2.05. The van der Waals surface area contributed by atoms with Crippen LogP contribution in [-0.4, -0.2) is 26.4 Å². The first-order chi connectivity index (χ1) is 8.33. The molecule has 0 atom stereocenters. The molecule has 0 fully saturated rings. The molecule has 0 saturated carbocycles. The number of aromatic nitrogens is 4. The molecule has 0 radical (unpaired) electrons. The molecule has 1 aromatic carbocycles. The summed E-state index contributed by atoms with van der Waals surface area (Å²) in [6, 6.07) is 5.51. The lowest BCUT2D eigenvalue weighted by atomic mass is 10.1. The number of ether oxygens (including phenoxy) is 1. The van der Waals surface area contributed by atoms with Crippen molar-refractivity contribution in [3.63, 3.8) is 0 Å². The Morgan fingerprint density at radius 3 is 3.12 bits per heavy atom. The fourth-order valence-corrected chi connectivity index (χ4v) is 1.91. The van der Waals surface area contributed by atoms with Crippen LogP contribution >= 0.6 is 0 Å². The highest BCUT2D eigenvalue weighted by Gasteiger charge is 2.19. The summed E-state index contributed by atoms with van der Waals surface area (Å²) in [6.45, 7) is 0.267. The number of benzene rings is 1. The molecule has 0 spiro atoms. The second-order valence-corrected chi connectivity index (χ2v) is 3.86. The van der Waals surface area contributed by atoms with Crippen LogP contribution in [0.5, 0.6) is 5.75 Å². The fraction of sp³-hybridized carbons (Fsp3) is 0.273. The van der Waals surface area contributed by atoms with Crippen molar-refractivity contribution in [2.24, 2.45) is 0 Å². The van der Waals surface area contributed by atoms with Crippen LogP contribution in [0.15, 0.2) is 18.2 Å². The van der Waals surface area contributed by atoms with Gasteiger partial charge in [-0.1, -0.05) is 5.21 Å². The zero-order chi connectivity index (χ0) is 11.7. The minimum absolute atomic E-state index is 0.213. The molecule has 86 valence electrons. The number of hydrogen-bond donors (Lipinski definition) is 1. The Labute approximate surface area is 97.0 Å². The van der Waals surface area contributed by atoms with Crippen LogP contribution in [0.4, 0.5) is 0 Å². The van der Waals surface area contributed by atoms with E-state index in [1.54, 1.807) is 6.07 Å². The van der Waals surface area contributed by atoms with Crippen molar-refractivity contribution in [2.75, 3.05) is 0 Å². The van der Waals surface area contributed by atoms with Crippen molar-refractivity contribution in [3.8, 4) is 5.75 Å². The number of carbonyl (C=O) groups excluding carboxylic acids is 1. The van der Waals surface area contributed by atoms with Crippen molar-refractivity contribution >= 4 is 5.78 Å². The molecule has 1 aromatic heterocycles. The molecule has 2 aromatic rings. The van der Waals surface area contributed by atoms with Gasteiger partial charge in [-0.25, -0.2) is 0 Å². The van der Waals surface area contributed by atoms with E-state index in [1.807, 2.05) is 12.1 Å².